The predicted octanol–water partition coefficient (Wildman–Crippen LogP) is 25.3. The molecule has 0 heterocycles. The van der Waals surface area contributed by atoms with Crippen molar-refractivity contribution in [3.05, 3.63) is 0 Å². The van der Waals surface area contributed by atoms with Crippen LogP contribution in [0.3, 0.4) is 0 Å². The molecule has 0 aliphatic rings. The molecule has 6 atom stereocenters. The van der Waals surface area contributed by atoms with Gasteiger partial charge in [-0.2, -0.15) is 0 Å². The first-order valence-electron chi connectivity index (χ1n) is 43.4. The van der Waals surface area contributed by atoms with E-state index in [2.05, 4.69) is 48.5 Å². The third-order valence-electron chi connectivity index (χ3n) is 20.0. The zero-order chi connectivity index (χ0) is 75.8. The van der Waals surface area contributed by atoms with Gasteiger partial charge in [0, 0.05) is 25.7 Å². The van der Waals surface area contributed by atoms with Gasteiger partial charge in [0.25, 0.3) is 0 Å². The fraction of sp³-hybridized carbons (Fsp3) is 0.952. The van der Waals surface area contributed by atoms with Crippen LogP contribution in [0.2, 0.25) is 0 Å². The summed E-state index contributed by atoms with van der Waals surface area (Å²) in [4.78, 5) is 73.0. The van der Waals surface area contributed by atoms with E-state index in [0.29, 0.717) is 25.7 Å². The maximum absolute atomic E-state index is 13.1. The highest BCUT2D eigenvalue weighted by molar-refractivity contribution is 7.47. The summed E-state index contributed by atoms with van der Waals surface area (Å²) < 4.78 is 68.7. The number of phosphoric acid groups is 2. The lowest BCUT2D eigenvalue weighted by atomic mass is 9.99. The molecule has 0 fully saturated rings. The van der Waals surface area contributed by atoms with E-state index in [1.807, 2.05) is 0 Å². The Labute approximate surface area is 632 Å². The van der Waals surface area contributed by atoms with E-state index in [4.69, 9.17) is 37.0 Å². The van der Waals surface area contributed by atoms with Crippen LogP contribution < -0.4 is 0 Å². The summed E-state index contributed by atoms with van der Waals surface area (Å²) in [7, 11) is -9.92. The van der Waals surface area contributed by atoms with Gasteiger partial charge in [-0.3, -0.25) is 37.3 Å². The number of ether oxygens (including phenoxy) is 4. The highest BCUT2D eigenvalue weighted by Gasteiger charge is 2.30. The summed E-state index contributed by atoms with van der Waals surface area (Å²) in [5, 5.41) is 10.6. The lowest BCUT2D eigenvalue weighted by molar-refractivity contribution is -0.161. The molecule has 0 bridgehead atoms. The Kier molecular flexibility index (Phi) is 72.8. The standard InChI is InChI=1S/C84H164O17P2/c1-8-10-11-12-13-44-51-58-65-81(86)94-71-79(101-84(89)68-61-54-47-40-34-36-42-49-56-63-76(5)6)73-98-102(90,91)96-69-78(85)70-97-103(92,93)99-74-80(72-95-82(87)66-59-52-45-38-32-28-24-20-16-14-18-22-26-30-35-41-48-55-62-75(3)4)100-83(88)67-60-53-46-39-33-29-25-21-17-15-19-23-27-31-37-43-50-57-64-77(7)9-2/h75-80,85H,8-74H2,1-7H3,(H,90,91)(H,92,93)/t77?,78-,79+,80+/m0/s1. The second-order valence-corrected chi connectivity index (χ2v) is 34.3. The molecule has 103 heavy (non-hydrogen) atoms. The van der Waals surface area contributed by atoms with E-state index in [0.717, 1.165) is 114 Å². The van der Waals surface area contributed by atoms with Gasteiger partial charge in [-0.25, -0.2) is 9.13 Å². The number of esters is 4. The first-order chi connectivity index (χ1) is 49.8. The minimum atomic E-state index is -4.96. The SMILES string of the molecule is CCCCCCCCCCC(=O)OC[C@H](COP(=O)(O)OC[C@H](O)COP(=O)(O)OC[C@@H](COC(=O)CCCCCCCCCCCCCCCCCCCCC(C)C)OC(=O)CCCCCCCCCCCCCCCCCCCCC(C)CC)OC(=O)CCCCCCCCCCCC(C)C. The summed E-state index contributed by atoms with van der Waals surface area (Å²) >= 11 is 0. The molecular formula is C84H164O17P2. The molecule has 0 rings (SSSR count). The summed E-state index contributed by atoms with van der Waals surface area (Å²) in [6.45, 7) is 12.0. The molecule has 0 spiro atoms. The van der Waals surface area contributed by atoms with Crippen molar-refractivity contribution in [2.24, 2.45) is 17.8 Å². The van der Waals surface area contributed by atoms with Crippen LogP contribution in [-0.2, 0) is 65.4 Å². The molecule has 0 amide bonds. The molecule has 612 valence electrons. The molecule has 0 aromatic heterocycles. The number of carbonyl (C=O) groups excluding carboxylic acids is 4. The smallest absolute Gasteiger partial charge is 0.462 e. The van der Waals surface area contributed by atoms with Gasteiger partial charge < -0.3 is 33.8 Å². The maximum atomic E-state index is 13.1. The molecule has 0 saturated heterocycles. The Bertz CT molecular complexity index is 1990. The number of hydrogen-bond donors (Lipinski definition) is 3. The van der Waals surface area contributed by atoms with Crippen molar-refractivity contribution >= 4 is 39.5 Å². The molecule has 0 saturated carbocycles. The zero-order valence-electron chi connectivity index (χ0n) is 67.8. The van der Waals surface area contributed by atoms with Crippen molar-refractivity contribution in [3.8, 4) is 0 Å². The molecule has 0 aromatic rings. The molecule has 0 aliphatic carbocycles. The second kappa shape index (κ2) is 74.2. The fourth-order valence-corrected chi connectivity index (χ4v) is 14.6. The van der Waals surface area contributed by atoms with Crippen molar-refractivity contribution in [1.29, 1.82) is 0 Å². The van der Waals surface area contributed by atoms with Gasteiger partial charge in [0.2, 0.25) is 0 Å². The van der Waals surface area contributed by atoms with Crippen molar-refractivity contribution in [2.75, 3.05) is 39.6 Å². The Morgan fingerprint density at radius 3 is 0.738 bits per heavy atom. The van der Waals surface area contributed by atoms with Gasteiger partial charge in [0.05, 0.1) is 26.4 Å². The average Bonchev–Trinajstić information content (AvgIpc) is 0.915. The van der Waals surface area contributed by atoms with Crippen LogP contribution in [0.25, 0.3) is 0 Å². The number of aliphatic hydroxyl groups is 1. The van der Waals surface area contributed by atoms with E-state index in [1.54, 1.807) is 0 Å². The normalized spacial score (nSPS) is 14.2. The first-order valence-corrected chi connectivity index (χ1v) is 46.4. The van der Waals surface area contributed by atoms with Crippen LogP contribution in [0.15, 0.2) is 0 Å². The van der Waals surface area contributed by atoms with Gasteiger partial charge in [-0.1, -0.05) is 389 Å². The van der Waals surface area contributed by atoms with Crippen LogP contribution >= 0.6 is 15.6 Å². The molecule has 0 aromatic carbocycles. The number of hydrogen-bond acceptors (Lipinski definition) is 15. The summed E-state index contributed by atoms with van der Waals surface area (Å²) in [6, 6.07) is 0. The third kappa shape index (κ3) is 76.6. The van der Waals surface area contributed by atoms with Gasteiger partial charge >= 0.3 is 39.5 Å². The molecule has 3 N–H and O–H groups in total. The fourth-order valence-electron chi connectivity index (χ4n) is 13.0. The van der Waals surface area contributed by atoms with E-state index in [9.17, 15) is 43.2 Å². The Morgan fingerprint density at radius 2 is 0.495 bits per heavy atom. The van der Waals surface area contributed by atoms with Gasteiger partial charge in [-0.05, 0) is 43.4 Å². The quantitative estimate of drug-likeness (QED) is 0.0222. The molecule has 3 unspecified atom stereocenters. The van der Waals surface area contributed by atoms with E-state index >= 15 is 0 Å². The monoisotopic (exact) mass is 1510 g/mol. The lowest BCUT2D eigenvalue weighted by Crippen LogP contribution is -2.30. The van der Waals surface area contributed by atoms with Crippen LogP contribution in [0, 0.1) is 17.8 Å². The maximum Gasteiger partial charge on any atom is 0.472 e. The van der Waals surface area contributed by atoms with Crippen LogP contribution in [0.1, 0.15) is 440 Å². The number of aliphatic hydroxyl groups excluding tert-OH is 1. The number of rotatable bonds is 82. The molecule has 19 heteroatoms. The Hall–Kier alpha value is -1.94. The number of carbonyl (C=O) groups is 4. The van der Waals surface area contributed by atoms with Crippen molar-refractivity contribution in [1.82, 2.24) is 0 Å². The summed E-state index contributed by atoms with van der Waals surface area (Å²) in [5.41, 5.74) is 0. The van der Waals surface area contributed by atoms with Gasteiger partial charge in [0.15, 0.2) is 12.2 Å². The van der Waals surface area contributed by atoms with Crippen LogP contribution in [0.4, 0.5) is 0 Å². The van der Waals surface area contributed by atoms with Crippen LogP contribution in [-0.4, -0.2) is 96.7 Å². The summed E-state index contributed by atoms with van der Waals surface area (Å²) in [5.74, 6) is 0.319. The lowest BCUT2D eigenvalue weighted by Gasteiger charge is -2.21. The van der Waals surface area contributed by atoms with E-state index in [1.165, 1.54) is 244 Å². The predicted molar refractivity (Wildman–Crippen MR) is 423 cm³/mol. The van der Waals surface area contributed by atoms with E-state index in [-0.39, 0.29) is 25.7 Å². The zero-order valence-corrected chi connectivity index (χ0v) is 69.6. The topological polar surface area (TPSA) is 237 Å². The largest absolute Gasteiger partial charge is 0.472 e. The number of phosphoric ester groups is 2. The Morgan fingerprint density at radius 1 is 0.282 bits per heavy atom. The van der Waals surface area contributed by atoms with E-state index < -0.39 is 97.5 Å². The van der Waals surface area contributed by atoms with Crippen molar-refractivity contribution < 1.29 is 80.2 Å². The average molecular weight is 1510 g/mol. The minimum absolute atomic E-state index is 0.105. The minimum Gasteiger partial charge on any atom is -0.462 e. The van der Waals surface area contributed by atoms with Crippen molar-refractivity contribution in [2.45, 2.75) is 458 Å². The van der Waals surface area contributed by atoms with Gasteiger partial charge in [0.1, 0.15) is 19.3 Å². The number of unbranched alkanes of at least 4 members (excludes halogenated alkanes) is 49. The Balaban J connectivity index is 5.17. The van der Waals surface area contributed by atoms with Crippen molar-refractivity contribution in [3.63, 3.8) is 0 Å². The molecule has 17 nitrogen and oxygen atoms in total. The molecule has 0 aliphatic heterocycles. The second-order valence-electron chi connectivity index (χ2n) is 31.4. The highest BCUT2D eigenvalue weighted by atomic mass is 31.2. The first kappa shape index (κ1) is 101. The molecular weight excluding hydrogens is 1340 g/mol. The van der Waals surface area contributed by atoms with Crippen LogP contribution in [0.5, 0.6) is 0 Å². The molecule has 0 radical (unpaired) electrons. The highest BCUT2D eigenvalue weighted by Crippen LogP contribution is 2.45. The third-order valence-corrected chi connectivity index (χ3v) is 21.9. The summed E-state index contributed by atoms with van der Waals surface area (Å²) in [6.07, 6.45) is 64.1. The van der Waals surface area contributed by atoms with Gasteiger partial charge in [-0.15, -0.1) is 0 Å².